The Kier molecular flexibility index (Phi) is 12.6. The van der Waals surface area contributed by atoms with Crippen molar-refractivity contribution in [3.8, 4) is 22.8 Å². The summed E-state index contributed by atoms with van der Waals surface area (Å²) in [4.78, 5) is 65.1. The molecule has 2 unspecified atom stereocenters. The van der Waals surface area contributed by atoms with Gasteiger partial charge in [-0.3, -0.25) is 23.9 Å². The molecule has 2 aliphatic heterocycles. The van der Waals surface area contributed by atoms with Crippen LogP contribution in [0.2, 0.25) is 0 Å². The van der Waals surface area contributed by atoms with Crippen LogP contribution in [-0.2, 0) is 29.2 Å². The van der Waals surface area contributed by atoms with Crippen LogP contribution in [0.15, 0.2) is 67.3 Å². The van der Waals surface area contributed by atoms with Crippen molar-refractivity contribution in [2.24, 2.45) is 17.3 Å². The van der Waals surface area contributed by atoms with Gasteiger partial charge in [-0.2, -0.15) is 0 Å². The minimum atomic E-state index is -4.02. The Bertz CT molecular complexity index is 2150. The van der Waals surface area contributed by atoms with E-state index in [0.717, 1.165) is 24.8 Å². The highest BCUT2D eigenvalue weighted by Crippen LogP contribution is 2.45. The van der Waals surface area contributed by atoms with Gasteiger partial charge in [-0.05, 0) is 56.6 Å². The van der Waals surface area contributed by atoms with Crippen molar-refractivity contribution >= 4 is 44.6 Å². The summed E-state index contributed by atoms with van der Waals surface area (Å²) >= 11 is 0. The van der Waals surface area contributed by atoms with E-state index in [1.54, 1.807) is 14.0 Å². The van der Waals surface area contributed by atoms with Gasteiger partial charge < -0.3 is 24.6 Å². The number of ether oxygens (including phenoxy) is 2. The number of amides is 4. The second-order valence-electron chi connectivity index (χ2n) is 17.0. The molecule has 1 aliphatic carbocycles. The van der Waals surface area contributed by atoms with Crippen molar-refractivity contribution in [1.82, 2.24) is 24.8 Å². The van der Waals surface area contributed by atoms with E-state index in [2.05, 4.69) is 16.6 Å². The second kappa shape index (κ2) is 17.1. The number of rotatable bonds is 14. The predicted octanol–water partition coefficient (Wildman–Crippen LogP) is 5.63. The number of carbonyl (C=O) groups excluding carboxylic acids is 4. The number of fused-ring (bicyclic) bond motifs is 1. The van der Waals surface area contributed by atoms with Crippen LogP contribution >= 0.6 is 0 Å². The van der Waals surface area contributed by atoms with Gasteiger partial charge in [0.1, 0.15) is 29.2 Å². The first-order valence-electron chi connectivity index (χ1n) is 20.3. The van der Waals surface area contributed by atoms with Gasteiger partial charge in [0.2, 0.25) is 27.7 Å². The fourth-order valence-electron chi connectivity index (χ4n) is 8.00. The molecular formula is C44H57N5O8S. The van der Waals surface area contributed by atoms with Gasteiger partial charge in [-0.15, -0.1) is 6.58 Å². The first-order chi connectivity index (χ1) is 27.5. The number of piperidine rings is 1. The average Bonchev–Trinajstić information content (AvgIpc) is 3.77. The van der Waals surface area contributed by atoms with E-state index in [9.17, 15) is 27.6 Å². The molecule has 6 rings (SSSR count). The van der Waals surface area contributed by atoms with Gasteiger partial charge in [-0.1, -0.05) is 64.1 Å². The number of methoxy groups -OCH3 is 1. The molecule has 3 aromatic rings. The number of pyridine rings is 1. The van der Waals surface area contributed by atoms with Crippen LogP contribution < -0.4 is 19.5 Å². The zero-order chi connectivity index (χ0) is 42.0. The standard InChI is InChI=1S/C44H57N5O8S/c1-8-28(3)58(54,55)47-42(53)44(26-30(44)9-2)46-40(51)37-23-32(27-49(37)41(52)34(43(4,5)6)24-39(50)48-20-14-11-15-21-48)57-38-25-35(29-16-12-10-13-17-29)45-36-22-31(56-7)18-19-33(36)38/h9-10,12-13,16-19,22,25,28,30,32,34,37H,2,8,11,14-15,20-21,23-24,26-27H2,1,3-7H3,(H,46,51)(H,47,53)/t28?,30-,32-,34?,37+,44-/m1/s1. The summed E-state index contributed by atoms with van der Waals surface area (Å²) in [5, 5.41) is 2.74. The minimum Gasteiger partial charge on any atom is -0.497 e. The maximum absolute atomic E-state index is 14.9. The number of likely N-dealkylation sites (tertiary alicyclic amines) is 2. The van der Waals surface area contributed by atoms with Gasteiger partial charge >= 0.3 is 0 Å². The van der Waals surface area contributed by atoms with Crippen molar-refractivity contribution in [3.63, 3.8) is 0 Å². The molecule has 13 nitrogen and oxygen atoms in total. The molecule has 4 amide bonds. The van der Waals surface area contributed by atoms with Crippen LogP contribution in [0.3, 0.4) is 0 Å². The summed E-state index contributed by atoms with van der Waals surface area (Å²) in [7, 11) is -2.44. The molecule has 0 bridgehead atoms. The van der Waals surface area contributed by atoms with E-state index in [4.69, 9.17) is 14.5 Å². The molecular weight excluding hydrogens is 759 g/mol. The number of hydrogen-bond donors (Lipinski definition) is 2. The number of carbonyl (C=O) groups is 4. The number of hydrogen-bond acceptors (Lipinski definition) is 9. The highest BCUT2D eigenvalue weighted by Gasteiger charge is 2.61. The Morgan fingerprint density at radius 2 is 1.76 bits per heavy atom. The highest BCUT2D eigenvalue weighted by molar-refractivity contribution is 7.90. The fraction of sp³-hybridized carbons (Fsp3) is 0.523. The van der Waals surface area contributed by atoms with Crippen LogP contribution in [0.1, 0.15) is 79.6 Å². The van der Waals surface area contributed by atoms with E-state index in [1.165, 1.54) is 17.9 Å². The Balaban J connectivity index is 1.35. The van der Waals surface area contributed by atoms with E-state index >= 15 is 0 Å². The van der Waals surface area contributed by atoms with E-state index in [1.807, 2.05) is 80.3 Å². The quantitative estimate of drug-likeness (QED) is 0.197. The largest absolute Gasteiger partial charge is 0.497 e. The molecule has 3 heterocycles. The molecule has 3 fully saturated rings. The third-order valence-electron chi connectivity index (χ3n) is 12.0. The summed E-state index contributed by atoms with van der Waals surface area (Å²) in [6, 6.07) is 15.9. The van der Waals surface area contributed by atoms with Crippen molar-refractivity contribution in [2.45, 2.75) is 102 Å². The van der Waals surface area contributed by atoms with E-state index < -0.39 is 62.0 Å². The topological polar surface area (TPSA) is 164 Å². The van der Waals surface area contributed by atoms with Crippen LogP contribution in [0.5, 0.6) is 11.5 Å². The Morgan fingerprint density at radius 3 is 2.38 bits per heavy atom. The van der Waals surface area contributed by atoms with E-state index in [0.29, 0.717) is 41.2 Å². The van der Waals surface area contributed by atoms with Crippen molar-refractivity contribution in [3.05, 3.63) is 67.3 Å². The maximum Gasteiger partial charge on any atom is 0.259 e. The molecule has 0 radical (unpaired) electrons. The summed E-state index contributed by atoms with van der Waals surface area (Å²) < 4.78 is 40.4. The number of sulfonamides is 1. The fourth-order valence-corrected chi connectivity index (χ4v) is 9.08. The number of nitrogens with zero attached hydrogens (tertiary/aromatic N) is 3. The molecule has 0 spiro atoms. The first kappa shape index (κ1) is 42.6. The van der Waals surface area contributed by atoms with Crippen molar-refractivity contribution < 1.29 is 37.1 Å². The Hall–Kier alpha value is -4.98. The van der Waals surface area contributed by atoms with E-state index in [-0.39, 0.29) is 44.0 Å². The van der Waals surface area contributed by atoms with Gasteiger partial charge in [0.25, 0.3) is 5.91 Å². The van der Waals surface area contributed by atoms with Crippen LogP contribution in [-0.4, -0.2) is 96.5 Å². The molecule has 14 heteroatoms. The summed E-state index contributed by atoms with van der Waals surface area (Å²) in [6.07, 6.45) is 4.20. The third kappa shape index (κ3) is 9.01. The third-order valence-corrected chi connectivity index (χ3v) is 13.9. The van der Waals surface area contributed by atoms with Crippen LogP contribution in [0.4, 0.5) is 0 Å². The molecule has 2 aromatic carbocycles. The lowest BCUT2D eigenvalue weighted by molar-refractivity contribution is -0.148. The zero-order valence-corrected chi connectivity index (χ0v) is 35.3. The molecule has 6 atom stereocenters. The maximum atomic E-state index is 14.9. The lowest BCUT2D eigenvalue weighted by atomic mass is 9.77. The van der Waals surface area contributed by atoms with Crippen molar-refractivity contribution in [2.75, 3.05) is 26.7 Å². The number of aromatic nitrogens is 1. The summed E-state index contributed by atoms with van der Waals surface area (Å²) in [5.74, 6) is -2.11. The average molecular weight is 816 g/mol. The van der Waals surface area contributed by atoms with Crippen molar-refractivity contribution in [1.29, 1.82) is 0 Å². The normalized spacial score (nSPS) is 23.1. The molecule has 2 saturated heterocycles. The molecule has 2 N–H and O–H groups in total. The molecule has 1 aromatic heterocycles. The molecule has 1 saturated carbocycles. The lowest BCUT2D eigenvalue weighted by Gasteiger charge is -2.36. The minimum absolute atomic E-state index is 0.0195. The summed E-state index contributed by atoms with van der Waals surface area (Å²) in [5.41, 5.74) is -0.0619. The molecule has 312 valence electrons. The number of nitrogens with one attached hydrogen (secondary N) is 2. The zero-order valence-electron chi connectivity index (χ0n) is 34.5. The predicted molar refractivity (Wildman–Crippen MR) is 222 cm³/mol. The Labute approximate surface area is 342 Å². The second-order valence-corrected chi connectivity index (χ2v) is 19.1. The highest BCUT2D eigenvalue weighted by atomic mass is 32.2. The molecule has 3 aliphatic rings. The lowest BCUT2D eigenvalue weighted by Crippen LogP contribution is -2.57. The smallest absolute Gasteiger partial charge is 0.259 e. The van der Waals surface area contributed by atoms with Crippen LogP contribution in [0.25, 0.3) is 22.2 Å². The monoisotopic (exact) mass is 815 g/mol. The van der Waals surface area contributed by atoms with Gasteiger partial charge in [0.15, 0.2) is 0 Å². The molecule has 58 heavy (non-hydrogen) atoms. The number of benzene rings is 2. The first-order valence-corrected chi connectivity index (χ1v) is 21.9. The summed E-state index contributed by atoms with van der Waals surface area (Å²) in [6.45, 7) is 14.1. The van der Waals surface area contributed by atoms with Crippen LogP contribution in [0, 0.1) is 17.3 Å². The van der Waals surface area contributed by atoms with Gasteiger partial charge in [-0.25, -0.2) is 13.4 Å². The Morgan fingerprint density at radius 1 is 1.05 bits per heavy atom. The van der Waals surface area contributed by atoms with Gasteiger partial charge in [0, 0.05) is 54.9 Å². The van der Waals surface area contributed by atoms with Gasteiger partial charge in [0.05, 0.1) is 36.0 Å². The SMILES string of the molecule is C=C[C@@H]1C[C@]1(NC(=O)[C@@H]1C[C@@H](Oc2cc(-c3ccccc3)nc3cc(OC)ccc23)CN1C(=O)C(CC(=O)N1CCCCC1)C(C)(C)C)C(=O)NS(=O)(=O)C(C)CC.